The van der Waals surface area contributed by atoms with E-state index in [4.69, 9.17) is 16.3 Å². The molecule has 1 fully saturated rings. The van der Waals surface area contributed by atoms with Gasteiger partial charge in [0.15, 0.2) is 0 Å². The third kappa shape index (κ3) is 3.67. The summed E-state index contributed by atoms with van der Waals surface area (Å²) in [6, 6.07) is 4.32. The maximum Gasteiger partial charge on any atom is 0.140 e. The molecule has 3 heteroatoms. The fourth-order valence-corrected chi connectivity index (χ4v) is 3.19. The van der Waals surface area contributed by atoms with Gasteiger partial charge in [0.05, 0.1) is 12.1 Å². The number of ether oxygens (including phenoxy) is 1. The summed E-state index contributed by atoms with van der Waals surface area (Å²) >= 11 is 6.42. The maximum absolute atomic E-state index is 6.42. The lowest BCUT2D eigenvalue weighted by Gasteiger charge is -2.26. The van der Waals surface area contributed by atoms with Crippen LogP contribution in [-0.2, 0) is 11.8 Å². The lowest BCUT2D eigenvalue weighted by molar-refractivity contribution is 0.363. The van der Waals surface area contributed by atoms with Crippen molar-refractivity contribution in [2.24, 2.45) is 5.92 Å². The monoisotopic (exact) mass is 295 g/mol. The number of halogens is 1. The molecule has 1 N–H and O–H groups in total. The molecule has 0 aromatic heterocycles. The fourth-order valence-electron chi connectivity index (χ4n) is 2.87. The first-order chi connectivity index (χ1) is 9.41. The summed E-state index contributed by atoms with van der Waals surface area (Å²) in [5, 5.41) is 4.21. The number of hydrogen-bond donors (Lipinski definition) is 1. The van der Waals surface area contributed by atoms with Gasteiger partial charge in [-0.25, -0.2) is 0 Å². The van der Waals surface area contributed by atoms with E-state index in [-0.39, 0.29) is 5.41 Å². The van der Waals surface area contributed by atoms with Crippen LogP contribution in [0.15, 0.2) is 12.1 Å². The summed E-state index contributed by atoms with van der Waals surface area (Å²) in [5.74, 6) is 1.54. The van der Waals surface area contributed by atoms with Crippen molar-refractivity contribution in [3.8, 4) is 5.75 Å². The largest absolute Gasteiger partial charge is 0.495 e. The lowest BCUT2D eigenvalue weighted by Crippen LogP contribution is -2.31. The first-order valence-corrected chi connectivity index (χ1v) is 7.87. The number of methoxy groups -OCH3 is 1. The number of benzene rings is 1. The van der Waals surface area contributed by atoms with Crippen LogP contribution in [0.1, 0.15) is 44.7 Å². The fraction of sp³-hybridized carbons (Fsp3) is 0.647. The summed E-state index contributed by atoms with van der Waals surface area (Å²) in [7, 11) is 1.71. The van der Waals surface area contributed by atoms with E-state index in [9.17, 15) is 0 Å². The van der Waals surface area contributed by atoms with Crippen molar-refractivity contribution < 1.29 is 4.74 Å². The van der Waals surface area contributed by atoms with Gasteiger partial charge in [-0.15, -0.1) is 0 Å². The molecule has 1 atom stereocenters. The molecule has 1 aliphatic rings. The molecule has 112 valence electrons. The smallest absolute Gasteiger partial charge is 0.140 e. The molecule has 0 spiro atoms. The zero-order valence-corrected chi connectivity index (χ0v) is 13.8. The molecule has 0 bridgehead atoms. The van der Waals surface area contributed by atoms with Crippen molar-refractivity contribution in [1.82, 2.24) is 5.32 Å². The van der Waals surface area contributed by atoms with Crippen LogP contribution in [-0.4, -0.2) is 20.2 Å². The van der Waals surface area contributed by atoms with Crippen LogP contribution in [0.3, 0.4) is 0 Å². The predicted octanol–water partition coefficient (Wildman–Crippen LogP) is 4.19. The predicted molar refractivity (Wildman–Crippen MR) is 86.0 cm³/mol. The summed E-state index contributed by atoms with van der Waals surface area (Å²) in [6.45, 7) is 8.90. The van der Waals surface area contributed by atoms with Crippen molar-refractivity contribution in [1.29, 1.82) is 0 Å². The van der Waals surface area contributed by atoms with Gasteiger partial charge in [0.25, 0.3) is 0 Å². The Morgan fingerprint density at radius 1 is 1.35 bits per heavy atom. The van der Waals surface area contributed by atoms with Gasteiger partial charge in [0.1, 0.15) is 5.75 Å². The van der Waals surface area contributed by atoms with Gasteiger partial charge in [-0.2, -0.15) is 0 Å². The van der Waals surface area contributed by atoms with Crippen molar-refractivity contribution in [2.45, 2.75) is 45.4 Å². The Balaban J connectivity index is 2.30. The van der Waals surface area contributed by atoms with E-state index < -0.39 is 0 Å². The van der Waals surface area contributed by atoms with E-state index in [1.54, 1.807) is 7.11 Å². The van der Waals surface area contributed by atoms with Crippen molar-refractivity contribution in [2.75, 3.05) is 20.2 Å². The van der Waals surface area contributed by atoms with Crippen LogP contribution in [0.5, 0.6) is 5.75 Å². The molecule has 1 aromatic carbocycles. The lowest BCUT2D eigenvalue weighted by atomic mass is 9.84. The third-order valence-electron chi connectivity index (χ3n) is 4.10. The van der Waals surface area contributed by atoms with E-state index in [2.05, 4.69) is 32.2 Å². The highest BCUT2D eigenvalue weighted by Crippen LogP contribution is 2.36. The second kappa shape index (κ2) is 6.36. The summed E-state index contributed by atoms with van der Waals surface area (Å²) < 4.78 is 5.53. The van der Waals surface area contributed by atoms with Crippen LogP contribution < -0.4 is 10.1 Å². The van der Waals surface area contributed by atoms with Crippen LogP contribution in [0, 0.1) is 5.92 Å². The molecule has 1 aliphatic heterocycles. The zero-order valence-electron chi connectivity index (χ0n) is 13.1. The molecule has 1 aromatic rings. The van der Waals surface area contributed by atoms with Gasteiger partial charge in [0.2, 0.25) is 0 Å². The maximum atomic E-state index is 6.42. The first-order valence-electron chi connectivity index (χ1n) is 7.49. The summed E-state index contributed by atoms with van der Waals surface area (Å²) in [4.78, 5) is 0. The molecule has 2 rings (SSSR count). The number of rotatable bonds is 3. The van der Waals surface area contributed by atoms with Gasteiger partial charge >= 0.3 is 0 Å². The molecule has 1 unspecified atom stereocenters. The molecule has 0 aliphatic carbocycles. The highest BCUT2D eigenvalue weighted by Gasteiger charge is 2.21. The minimum atomic E-state index is 0.107. The molecule has 0 amide bonds. The molecule has 20 heavy (non-hydrogen) atoms. The molecule has 1 saturated heterocycles. The second-order valence-electron chi connectivity index (χ2n) is 6.82. The molecule has 0 radical (unpaired) electrons. The third-order valence-corrected chi connectivity index (χ3v) is 4.38. The Morgan fingerprint density at radius 2 is 2.10 bits per heavy atom. The highest BCUT2D eigenvalue weighted by atomic mass is 35.5. The molecule has 1 heterocycles. The standard InChI is InChI=1S/C17H26ClNO/c1-17(2,3)14-9-13(16(20-4)15(18)10-14)8-12-6-5-7-19-11-12/h9-10,12,19H,5-8,11H2,1-4H3. The van der Waals surface area contributed by atoms with Gasteiger partial charge in [-0.05, 0) is 60.9 Å². The number of hydrogen-bond acceptors (Lipinski definition) is 2. The van der Waals surface area contributed by atoms with E-state index in [1.165, 1.54) is 24.0 Å². The molecular weight excluding hydrogens is 270 g/mol. The average molecular weight is 296 g/mol. The second-order valence-corrected chi connectivity index (χ2v) is 7.22. The number of nitrogens with one attached hydrogen (secondary N) is 1. The van der Waals surface area contributed by atoms with E-state index in [0.29, 0.717) is 5.92 Å². The minimum Gasteiger partial charge on any atom is -0.495 e. The molecule has 0 saturated carbocycles. The Bertz CT molecular complexity index is 459. The van der Waals surface area contributed by atoms with Crippen LogP contribution >= 0.6 is 11.6 Å². The first kappa shape index (κ1) is 15.7. The topological polar surface area (TPSA) is 21.3 Å². The quantitative estimate of drug-likeness (QED) is 0.903. The van der Waals surface area contributed by atoms with Gasteiger partial charge in [0, 0.05) is 0 Å². The minimum absolute atomic E-state index is 0.107. The van der Waals surface area contributed by atoms with Crippen molar-refractivity contribution in [3.63, 3.8) is 0 Å². The van der Waals surface area contributed by atoms with E-state index in [1.807, 2.05) is 6.07 Å². The Kier molecular flexibility index (Phi) is 4.98. The Morgan fingerprint density at radius 3 is 2.65 bits per heavy atom. The van der Waals surface area contributed by atoms with Gasteiger partial charge in [-0.1, -0.05) is 38.4 Å². The van der Waals surface area contributed by atoms with Crippen molar-refractivity contribution in [3.05, 3.63) is 28.3 Å². The Hall–Kier alpha value is -0.730. The van der Waals surface area contributed by atoms with Gasteiger partial charge < -0.3 is 10.1 Å². The molecule has 2 nitrogen and oxygen atoms in total. The van der Waals surface area contributed by atoms with Crippen LogP contribution in [0.2, 0.25) is 5.02 Å². The van der Waals surface area contributed by atoms with Crippen molar-refractivity contribution >= 4 is 11.6 Å². The summed E-state index contributed by atoms with van der Waals surface area (Å²) in [5.41, 5.74) is 2.64. The van der Waals surface area contributed by atoms with Gasteiger partial charge in [-0.3, -0.25) is 0 Å². The normalized spacial score (nSPS) is 19.9. The zero-order chi connectivity index (χ0) is 14.8. The molecular formula is C17H26ClNO. The highest BCUT2D eigenvalue weighted by molar-refractivity contribution is 6.32. The van der Waals surface area contributed by atoms with E-state index in [0.717, 1.165) is 30.3 Å². The van der Waals surface area contributed by atoms with Crippen LogP contribution in [0.25, 0.3) is 0 Å². The van der Waals surface area contributed by atoms with Crippen LogP contribution in [0.4, 0.5) is 0 Å². The summed E-state index contributed by atoms with van der Waals surface area (Å²) in [6.07, 6.45) is 3.59. The Labute approximate surface area is 127 Å². The number of piperidine rings is 1. The van der Waals surface area contributed by atoms with E-state index >= 15 is 0 Å². The average Bonchev–Trinajstić information content (AvgIpc) is 2.38. The SMILES string of the molecule is COc1c(Cl)cc(C(C)(C)C)cc1CC1CCCNC1.